The molecular formula is C24H24NO5P. The van der Waals surface area contributed by atoms with Crippen LogP contribution in [-0.2, 0) is 14.3 Å². The maximum Gasteiger partial charge on any atom is 0.432 e. The fourth-order valence-electron chi connectivity index (χ4n) is 3.57. The largest absolute Gasteiger partial charge is 0.468 e. The number of aliphatic hydroxyl groups excluding tert-OH is 1. The summed E-state index contributed by atoms with van der Waals surface area (Å²) in [6.45, 7) is 0. The van der Waals surface area contributed by atoms with E-state index >= 15 is 0 Å². The maximum atomic E-state index is 13.2. The van der Waals surface area contributed by atoms with Gasteiger partial charge in [0.2, 0.25) is 0 Å². The van der Waals surface area contributed by atoms with Crippen molar-refractivity contribution in [3.8, 4) is 0 Å². The third kappa shape index (κ3) is 4.61. The lowest BCUT2D eigenvalue weighted by molar-refractivity contribution is -0.142. The molecule has 6 nitrogen and oxygen atoms in total. The Hall–Kier alpha value is -3.21. The number of nitrogens with zero attached hydrogens (tertiary/aromatic N) is 1. The van der Waals surface area contributed by atoms with Crippen LogP contribution in [0, 0.1) is 0 Å². The Morgan fingerprint density at radius 3 is 1.65 bits per heavy atom. The van der Waals surface area contributed by atoms with Crippen LogP contribution < -0.4 is 10.6 Å². The molecule has 0 saturated carbocycles. The zero-order valence-corrected chi connectivity index (χ0v) is 18.2. The minimum absolute atomic E-state index is 0.522. The second-order valence-electron chi connectivity index (χ2n) is 6.75. The maximum absolute atomic E-state index is 13.2. The predicted octanol–water partition coefficient (Wildman–Crippen LogP) is 3.88. The summed E-state index contributed by atoms with van der Waals surface area (Å²) in [6, 6.07) is 26.9. The van der Waals surface area contributed by atoms with Crippen molar-refractivity contribution in [2.24, 2.45) is 4.74 Å². The van der Waals surface area contributed by atoms with Gasteiger partial charge in [0, 0.05) is 0 Å². The van der Waals surface area contributed by atoms with E-state index in [9.17, 15) is 14.7 Å². The second kappa shape index (κ2) is 10.2. The lowest BCUT2D eigenvalue weighted by Crippen LogP contribution is -2.37. The van der Waals surface area contributed by atoms with Crippen molar-refractivity contribution in [1.82, 2.24) is 0 Å². The highest BCUT2D eigenvalue weighted by atomic mass is 31.2. The van der Waals surface area contributed by atoms with Gasteiger partial charge in [-0.3, -0.25) is 4.79 Å². The van der Waals surface area contributed by atoms with Crippen molar-refractivity contribution in [2.45, 2.75) is 11.8 Å². The van der Waals surface area contributed by atoms with Crippen molar-refractivity contribution in [1.29, 1.82) is 0 Å². The number of benzene rings is 3. The molecule has 0 saturated heterocycles. The van der Waals surface area contributed by atoms with Crippen LogP contribution in [0.2, 0.25) is 0 Å². The summed E-state index contributed by atoms with van der Waals surface area (Å²) in [5, 5.41) is 12.7. The van der Waals surface area contributed by atoms with Gasteiger partial charge in [-0.25, -0.2) is 4.79 Å². The predicted molar refractivity (Wildman–Crippen MR) is 121 cm³/mol. The van der Waals surface area contributed by atoms with Crippen molar-refractivity contribution in [2.75, 3.05) is 14.2 Å². The Morgan fingerprint density at radius 2 is 1.23 bits per heavy atom. The van der Waals surface area contributed by atoms with Crippen LogP contribution >= 0.6 is 7.05 Å². The first-order chi connectivity index (χ1) is 15.0. The number of hydrogen-bond acceptors (Lipinski definition) is 5. The van der Waals surface area contributed by atoms with Gasteiger partial charge < -0.3 is 14.6 Å². The third-order valence-corrected chi connectivity index (χ3v) is 8.95. The second-order valence-corrected chi connectivity index (χ2v) is 9.91. The molecule has 3 rings (SSSR count). The molecule has 1 amide bonds. The minimum Gasteiger partial charge on any atom is -0.468 e. The third-order valence-electron chi connectivity index (χ3n) is 5.00. The molecule has 0 fully saturated rings. The number of amides is 1. The number of aliphatic hydroxyl groups is 1. The molecule has 3 aromatic carbocycles. The zero-order valence-electron chi connectivity index (χ0n) is 17.3. The normalized spacial score (nSPS) is 13.0. The average molecular weight is 437 g/mol. The van der Waals surface area contributed by atoms with Crippen LogP contribution in [0.4, 0.5) is 4.79 Å². The van der Waals surface area contributed by atoms with E-state index in [4.69, 9.17) is 9.47 Å². The Labute approximate surface area is 181 Å². The van der Waals surface area contributed by atoms with Gasteiger partial charge in [-0.1, -0.05) is 91.0 Å². The summed E-state index contributed by atoms with van der Waals surface area (Å²) in [5.41, 5.74) is -0.641. The van der Waals surface area contributed by atoms with Gasteiger partial charge in [-0.2, -0.15) is 4.74 Å². The van der Waals surface area contributed by atoms with E-state index in [1.54, 1.807) is 48.5 Å². The molecule has 160 valence electrons. The molecule has 2 unspecified atom stereocenters. The highest BCUT2D eigenvalue weighted by molar-refractivity contribution is 7.82. The van der Waals surface area contributed by atoms with E-state index in [0.717, 1.165) is 0 Å². The monoisotopic (exact) mass is 437 g/mol. The Bertz CT molecular complexity index is 1030. The molecule has 0 radical (unpaired) electrons. The molecule has 7 heteroatoms. The number of carbonyl (C=O) groups excluding carboxylic acids is 2. The molecule has 2 atom stereocenters. The lowest BCUT2D eigenvalue weighted by atomic mass is 10.1. The molecule has 0 spiro atoms. The number of methoxy groups -OCH3 is 2. The van der Waals surface area contributed by atoms with Crippen LogP contribution in [-0.4, -0.2) is 37.0 Å². The van der Waals surface area contributed by atoms with Gasteiger partial charge >= 0.3 is 12.1 Å². The van der Waals surface area contributed by atoms with Crippen molar-refractivity contribution in [3.05, 3.63) is 96.6 Å². The minimum atomic E-state index is -3.25. The van der Waals surface area contributed by atoms with Gasteiger partial charge in [0.15, 0.2) is 0 Å². The fourth-order valence-corrected chi connectivity index (χ4v) is 7.45. The molecular weight excluding hydrogens is 413 g/mol. The molecule has 3 aromatic rings. The molecule has 1 N–H and O–H groups in total. The van der Waals surface area contributed by atoms with Crippen LogP contribution in [0.15, 0.2) is 95.7 Å². The standard InChI is InChI=1S/C24H24NO5P/c1-29-23(27)22(21(26)18-12-6-3-7-13-18)31(25-24(28)30-2,19-14-8-4-9-15-19)20-16-10-5-11-17-20/h3-17,21-22,26H,1-2H3. The zero-order chi connectivity index (χ0) is 22.3. The number of ether oxygens (including phenoxy) is 2. The van der Waals surface area contributed by atoms with Gasteiger partial charge in [-0.15, -0.1) is 0 Å². The number of hydrogen-bond donors (Lipinski definition) is 1. The van der Waals surface area contributed by atoms with E-state index < -0.39 is 30.9 Å². The van der Waals surface area contributed by atoms with Gasteiger partial charge in [0.25, 0.3) is 0 Å². The molecule has 31 heavy (non-hydrogen) atoms. The molecule has 0 heterocycles. The van der Waals surface area contributed by atoms with E-state index in [1.807, 2.05) is 42.5 Å². The SMILES string of the molecule is COC(=O)N=P(c1ccccc1)(c1ccccc1)C(C(=O)OC)C(O)c1ccccc1. The number of carbonyl (C=O) groups is 2. The Morgan fingerprint density at radius 1 is 0.774 bits per heavy atom. The molecule has 0 aliphatic rings. The topological polar surface area (TPSA) is 85.2 Å². The first-order valence-electron chi connectivity index (χ1n) is 9.66. The van der Waals surface area contributed by atoms with E-state index in [2.05, 4.69) is 4.74 Å². The van der Waals surface area contributed by atoms with Crippen molar-refractivity contribution >= 4 is 29.7 Å². The quantitative estimate of drug-likeness (QED) is 0.467. The van der Waals surface area contributed by atoms with Crippen LogP contribution in [0.3, 0.4) is 0 Å². The first-order valence-corrected chi connectivity index (χ1v) is 11.5. The van der Waals surface area contributed by atoms with Crippen molar-refractivity contribution < 1.29 is 24.2 Å². The molecule has 0 aliphatic carbocycles. The highest BCUT2D eigenvalue weighted by Crippen LogP contribution is 2.56. The summed E-state index contributed by atoms with van der Waals surface area (Å²) in [5.74, 6) is -0.662. The Kier molecular flexibility index (Phi) is 7.40. The van der Waals surface area contributed by atoms with E-state index in [0.29, 0.717) is 16.2 Å². The molecule has 0 aromatic heterocycles. The van der Waals surface area contributed by atoms with Crippen LogP contribution in [0.5, 0.6) is 0 Å². The molecule has 0 bridgehead atoms. The van der Waals surface area contributed by atoms with Crippen LogP contribution in [0.1, 0.15) is 11.7 Å². The smallest absolute Gasteiger partial charge is 0.432 e. The number of rotatable bonds is 6. The summed E-state index contributed by atoms with van der Waals surface area (Å²) in [4.78, 5) is 25.8. The van der Waals surface area contributed by atoms with E-state index in [-0.39, 0.29) is 0 Å². The fraction of sp³-hybridized carbons (Fsp3) is 0.167. The lowest BCUT2D eigenvalue weighted by Gasteiger charge is -2.34. The Balaban J connectivity index is 2.43. The van der Waals surface area contributed by atoms with Gasteiger partial charge in [0.1, 0.15) is 5.66 Å². The van der Waals surface area contributed by atoms with Gasteiger partial charge in [0.05, 0.1) is 27.4 Å². The summed E-state index contributed by atoms with van der Waals surface area (Å²) in [6.07, 6.45) is -2.09. The number of esters is 1. The summed E-state index contributed by atoms with van der Waals surface area (Å²) in [7, 11) is -0.759. The highest BCUT2D eigenvalue weighted by Gasteiger charge is 2.45. The summed E-state index contributed by atoms with van der Waals surface area (Å²) >= 11 is 0. The summed E-state index contributed by atoms with van der Waals surface area (Å²) < 4.78 is 14.5. The van der Waals surface area contributed by atoms with Crippen LogP contribution in [0.25, 0.3) is 0 Å². The van der Waals surface area contributed by atoms with Crippen molar-refractivity contribution in [3.63, 3.8) is 0 Å². The van der Waals surface area contributed by atoms with Gasteiger partial charge in [-0.05, 0) is 16.2 Å². The molecule has 0 aliphatic heterocycles. The first kappa shape index (κ1) is 22.5. The van der Waals surface area contributed by atoms with E-state index in [1.165, 1.54) is 14.2 Å². The average Bonchev–Trinajstić information content (AvgIpc) is 2.84.